The molecule has 1 unspecified atom stereocenters. The number of hydrogen-bond acceptors (Lipinski definition) is 5. The predicted molar refractivity (Wildman–Crippen MR) is 77.7 cm³/mol. The second-order valence-electron chi connectivity index (χ2n) is 4.35. The van der Waals surface area contributed by atoms with Crippen molar-refractivity contribution in [2.24, 2.45) is 0 Å². The second kappa shape index (κ2) is 6.40. The van der Waals surface area contributed by atoms with Gasteiger partial charge in [-0.25, -0.2) is 4.79 Å². The van der Waals surface area contributed by atoms with Gasteiger partial charge in [-0.15, -0.1) is 11.8 Å². The van der Waals surface area contributed by atoms with E-state index in [1.807, 2.05) is 0 Å². The molecular formula is C13H12N2O5S. The molecule has 1 N–H and O–H groups in total. The zero-order chi connectivity index (χ0) is 15.4. The Morgan fingerprint density at radius 1 is 1.48 bits per heavy atom. The minimum Gasteiger partial charge on any atom is -0.480 e. The van der Waals surface area contributed by atoms with Crippen LogP contribution in [0, 0.1) is 10.1 Å². The van der Waals surface area contributed by atoms with Crippen LogP contribution in [0.1, 0.15) is 5.56 Å². The molecular weight excluding hydrogens is 296 g/mol. The predicted octanol–water partition coefficient (Wildman–Crippen LogP) is 1.59. The Morgan fingerprint density at radius 2 is 2.24 bits per heavy atom. The van der Waals surface area contributed by atoms with E-state index in [9.17, 15) is 19.7 Å². The average molecular weight is 308 g/mol. The molecule has 7 nitrogen and oxygen atoms in total. The molecule has 21 heavy (non-hydrogen) atoms. The SMILES string of the molecule is O=C(O)C1CSCN1C(=O)/C=C/c1cccc([N+](=O)[O-])c1. The van der Waals surface area contributed by atoms with Gasteiger partial charge in [0, 0.05) is 24.0 Å². The number of rotatable bonds is 4. The first-order valence-corrected chi connectivity index (χ1v) is 7.18. The van der Waals surface area contributed by atoms with Crippen LogP contribution < -0.4 is 0 Å². The minimum absolute atomic E-state index is 0.0651. The standard InChI is InChI=1S/C13H12N2O5S/c16-12(14-8-21-7-11(14)13(17)18)5-4-9-2-1-3-10(6-9)15(19)20/h1-6,11H,7-8H2,(H,17,18)/b5-4+. The number of carboxylic acids is 1. The fourth-order valence-electron chi connectivity index (χ4n) is 1.87. The van der Waals surface area contributed by atoms with E-state index in [1.165, 1.54) is 47.0 Å². The molecule has 1 aromatic rings. The summed E-state index contributed by atoms with van der Waals surface area (Å²) in [6.07, 6.45) is 2.68. The first-order chi connectivity index (χ1) is 9.99. The maximum absolute atomic E-state index is 12.0. The number of nitro groups is 1. The van der Waals surface area contributed by atoms with Crippen molar-refractivity contribution >= 4 is 35.4 Å². The zero-order valence-corrected chi connectivity index (χ0v) is 11.7. The van der Waals surface area contributed by atoms with E-state index in [-0.39, 0.29) is 5.69 Å². The molecule has 8 heteroatoms. The van der Waals surface area contributed by atoms with Gasteiger partial charge < -0.3 is 10.0 Å². The van der Waals surface area contributed by atoms with E-state index < -0.39 is 22.8 Å². The number of nitrogens with zero attached hydrogens (tertiary/aromatic N) is 2. The summed E-state index contributed by atoms with van der Waals surface area (Å²) in [6, 6.07) is 5.03. The Morgan fingerprint density at radius 3 is 2.90 bits per heavy atom. The highest BCUT2D eigenvalue weighted by Crippen LogP contribution is 2.22. The third kappa shape index (κ3) is 3.60. The van der Waals surface area contributed by atoms with Crippen molar-refractivity contribution in [1.82, 2.24) is 4.90 Å². The van der Waals surface area contributed by atoms with Gasteiger partial charge in [0.25, 0.3) is 5.69 Å². The average Bonchev–Trinajstić information content (AvgIpc) is 2.94. The highest BCUT2D eigenvalue weighted by molar-refractivity contribution is 7.99. The summed E-state index contributed by atoms with van der Waals surface area (Å²) in [7, 11) is 0. The molecule has 1 atom stereocenters. The number of benzene rings is 1. The smallest absolute Gasteiger partial charge is 0.327 e. The molecule has 2 rings (SSSR count). The quantitative estimate of drug-likeness (QED) is 0.515. The fraction of sp³-hybridized carbons (Fsp3) is 0.231. The molecule has 1 saturated heterocycles. The van der Waals surface area contributed by atoms with Crippen molar-refractivity contribution < 1.29 is 19.6 Å². The Hall–Kier alpha value is -2.35. The molecule has 0 aliphatic carbocycles. The molecule has 0 aromatic heterocycles. The summed E-state index contributed by atoms with van der Waals surface area (Å²) in [6.45, 7) is 0. The minimum atomic E-state index is -1.03. The highest BCUT2D eigenvalue weighted by atomic mass is 32.2. The van der Waals surface area contributed by atoms with E-state index in [4.69, 9.17) is 5.11 Å². The second-order valence-corrected chi connectivity index (χ2v) is 5.35. The largest absolute Gasteiger partial charge is 0.480 e. The lowest BCUT2D eigenvalue weighted by Crippen LogP contribution is -2.40. The molecule has 1 fully saturated rings. The van der Waals surface area contributed by atoms with Gasteiger partial charge in [-0.2, -0.15) is 0 Å². The lowest BCUT2D eigenvalue weighted by Gasteiger charge is -2.18. The molecule has 0 bridgehead atoms. The number of thioether (sulfide) groups is 1. The van der Waals surface area contributed by atoms with Crippen molar-refractivity contribution in [1.29, 1.82) is 0 Å². The number of hydrogen-bond donors (Lipinski definition) is 1. The summed E-state index contributed by atoms with van der Waals surface area (Å²) in [4.78, 5) is 34.4. The van der Waals surface area contributed by atoms with Crippen molar-refractivity contribution in [2.45, 2.75) is 6.04 Å². The maximum atomic E-state index is 12.0. The number of non-ortho nitro benzene ring substituents is 1. The van der Waals surface area contributed by atoms with Crippen LogP contribution in [0.2, 0.25) is 0 Å². The molecule has 1 aliphatic heterocycles. The van der Waals surface area contributed by atoms with Gasteiger partial charge in [-0.05, 0) is 11.6 Å². The van der Waals surface area contributed by atoms with Gasteiger partial charge in [0.15, 0.2) is 0 Å². The zero-order valence-electron chi connectivity index (χ0n) is 10.8. The maximum Gasteiger partial charge on any atom is 0.327 e. The van der Waals surface area contributed by atoms with E-state index in [2.05, 4.69) is 0 Å². The van der Waals surface area contributed by atoms with E-state index in [0.717, 1.165) is 0 Å². The summed E-state index contributed by atoms with van der Waals surface area (Å²) < 4.78 is 0. The van der Waals surface area contributed by atoms with Crippen LogP contribution in [0.25, 0.3) is 6.08 Å². The summed E-state index contributed by atoms with van der Waals surface area (Å²) in [5.74, 6) is -0.753. The number of amides is 1. The van der Waals surface area contributed by atoms with Gasteiger partial charge in [-0.3, -0.25) is 14.9 Å². The molecule has 0 spiro atoms. The molecule has 1 amide bonds. The molecule has 0 radical (unpaired) electrons. The fourth-order valence-corrected chi connectivity index (χ4v) is 3.02. The monoisotopic (exact) mass is 308 g/mol. The van der Waals surface area contributed by atoms with Crippen molar-refractivity contribution in [3.63, 3.8) is 0 Å². The van der Waals surface area contributed by atoms with E-state index in [1.54, 1.807) is 6.07 Å². The molecule has 1 heterocycles. The van der Waals surface area contributed by atoms with Gasteiger partial charge in [0.05, 0.1) is 10.8 Å². The summed E-state index contributed by atoms with van der Waals surface area (Å²) >= 11 is 1.38. The lowest BCUT2D eigenvalue weighted by molar-refractivity contribution is -0.384. The Balaban J connectivity index is 2.10. The third-order valence-electron chi connectivity index (χ3n) is 2.95. The van der Waals surface area contributed by atoms with Crippen molar-refractivity contribution in [3.8, 4) is 0 Å². The van der Waals surface area contributed by atoms with Crippen molar-refractivity contribution in [2.75, 3.05) is 11.6 Å². The first-order valence-electron chi connectivity index (χ1n) is 6.02. The van der Waals surface area contributed by atoms with E-state index >= 15 is 0 Å². The van der Waals surface area contributed by atoms with Crippen LogP contribution >= 0.6 is 11.8 Å². The van der Waals surface area contributed by atoms with Gasteiger partial charge >= 0.3 is 5.97 Å². The number of nitro benzene ring substituents is 1. The number of carbonyl (C=O) groups excluding carboxylic acids is 1. The van der Waals surface area contributed by atoms with Crippen LogP contribution in [0.15, 0.2) is 30.3 Å². The van der Waals surface area contributed by atoms with Crippen LogP contribution in [-0.4, -0.2) is 44.5 Å². The van der Waals surface area contributed by atoms with Crippen LogP contribution in [0.3, 0.4) is 0 Å². The van der Waals surface area contributed by atoms with Crippen molar-refractivity contribution in [3.05, 3.63) is 46.0 Å². The Labute approximate surface area is 124 Å². The van der Waals surface area contributed by atoms with E-state index in [0.29, 0.717) is 17.2 Å². The van der Waals surface area contributed by atoms with Crippen LogP contribution in [0.5, 0.6) is 0 Å². The molecule has 0 saturated carbocycles. The molecule has 1 aliphatic rings. The van der Waals surface area contributed by atoms with Gasteiger partial charge in [0.2, 0.25) is 5.91 Å². The summed E-state index contributed by atoms with van der Waals surface area (Å²) in [5, 5.41) is 19.7. The number of carboxylic acid groups (broad SMARTS) is 1. The van der Waals surface area contributed by atoms with Crippen LogP contribution in [0.4, 0.5) is 5.69 Å². The first kappa shape index (κ1) is 15.0. The normalized spacial score (nSPS) is 18.1. The molecule has 1 aromatic carbocycles. The highest BCUT2D eigenvalue weighted by Gasteiger charge is 2.33. The van der Waals surface area contributed by atoms with Gasteiger partial charge in [0.1, 0.15) is 6.04 Å². The Bertz CT molecular complexity index is 616. The summed E-state index contributed by atoms with van der Waals surface area (Å²) in [5.41, 5.74) is 0.445. The lowest BCUT2D eigenvalue weighted by atomic mass is 10.2. The molecule has 110 valence electrons. The topological polar surface area (TPSA) is 101 Å². The van der Waals surface area contributed by atoms with Crippen LogP contribution in [-0.2, 0) is 9.59 Å². The Kier molecular flexibility index (Phi) is 4.59. The van der Waals surface area contributed by atoms with Gasteiger partial charge in [-0.1, -0.05) is 12.1 Å². The number of aliphatic carboxylic acids is 1. The third-order valence-corrected chi connectivity index (χ3v) is 3.96. The number of carbonyl (C=O) groups is 2.